The minimum absolute atomic E-state index is 0.142. The van der Waals surface area contributed by atoms with Crippen molar-refractivity contribution >= 4 is 16.6 Å². The standard InChI is InChI=1S/C12H15N3O2/c1-13(2)7-9-8-14(3)12-5-4-10(15(16)17)6-11(9)12/h4-6,8H,7H2,1-3H3. The molecule has 0 N–H and O–H groups in total. The molecule has 0 aliphatic rings. The van der Waals surface area contributed by atoms with Crippen LogP contribution < -0.4 is 0 Å². The number of nitro groups is 1. The third kappa shape index (κ3) is 2.14. The van der Waals surface area contributed by atoms with Crippen LogP contribution >= 0.6 is 0 Å². The molecule has 2 aromatic rings. The van der Waals surface area contributed by atoms with Gasteiger partial charge in [-0.15, -0.1) is 0 Å². The summed E-state index contributed by atoms with van der Waals surface area (Å²) in [5.74, 6) is 0. The van der Waals surface area contributed by atoms with Gasteiger partial charge < -0.3 is 9.47 Å². The Balaban J connectivity index is 2.60. The third-order valence-corrected chi connectivity index (χ3v) is 2.75. The maximum absolute atomic E-state index is 10.8. The van der Waals surface area contributed by atoms with E-state index >= 15 is 0 Å². The highest BCUT2D eigenvalue weighted by molar-refractivity contribution is 5.86. The molecule has 0 saturated heterocycles. The Labute approximate surface area is 99.4 Å². The highest BCUT2D eigenvalue weighted by atomic mass is 16.6. The molecule has 0 amide bonds. The second-order valence-corrected chi connectivity index (χ2v) is 4.46. The van der Waals surface area contributed by atoms with E-state index in [1.165, 1.54) is 0 Å². The number of aryl methyl sites for hydroxylation is 1. The van der Waals surface area contributed by atoms with Crippen LogP contribution in [0.4, 0.5) is 5.69 Å². The number of aromatic nitrogens is 1. The number of non-ortho nitro benzene ring substituents is 1. The van der Waals surface area contributed by atoms with E-state index in [4.69, 9.17) is 0 Å². The summed E-state index contributed by atoms with van der Waals surface area (Å²) in [6, 6.07) is 4.99. The highest BCUT2D eigenvalue weighted by Crippen LogP contribution is 2.25. The molecular weight excluding hydrogens is 218 g/mol. The van der Waals surface area contributed by atoms with Crippen LogP contribution in [0.2, 0.25) is 0 Å². The number of rotatable bonds is 3. The second kappa shape index (κ2) is 4.18. The van der Waals surface area contributed by atoms with E-state index in [1.54, 1.807) is 18.2 Å². The van der Waals surface area contributed by atoms with E-state index in [1.807, 2.05) is 36.8 Å². The molecule has 17 heavy (non-hydrogen) atoms. The largest absolute Gasteiger partial charge is 0.350 e. The Bertz CT molecular complexity index is 572. The van der Waals surface area contributed by atoms with Crippen molar-refractivity contribution in [1.82, 2.24) is 9.47 Å². The van der Waals surface area contributed by atoms with Crippen molar-refractivity contribution in [2.75, 3.05) is 14.1 Å². The van der Waals surface area contributed by atoms with Gasteiger partial charge in [-0.25, -0.2) is 0 Å². The molecule has 1 aromatic carbocycles. The third-order valence-electron chi connectivity index (χ3n) is 2.75. The number of hydrogen-bond donors (Lipinski definition) is 0. The van der Waals surface area contributed by atoms with Gasteiger partial charge >= 0.3 is 0 Å². The molecule has 0 radical (unpaired) electrons. The summed E-state index contributed by atoms with van der Waals surface area (Å²) in [6.45, 7) is 0.776. The lowest BCUT2D eigenvalue weighted by Crippen LogP contribution is -2.10. The SMILES string of the molecule is CN(C)Cc1cn(C)c2ccc([N+](=O)[O-])cc12. The summed E-state index contributed by atoms with van der Waals surface area (Å²) in [5, 5.41) is 11.7. The molecule has 1 aromatic heterocycles. The minimum Gasteiger partial charge on any atom is -0.350 e. The van der Waals surface area contributed by atoms with Crippen molar-refractivity contribution in [2.24, 2.45) is 7.05 Å². The smallest absolute Gasteiger partial charge is 0.270 e. The first-order valence-corrected chi connectivity index (χ1v) is 5.36. The van der Waals surface area contributed by atoms with Gasteiger partial charge in [0.05, 0.1) is 4.92 Å². The van der Waals surface area contributed by atoms with Gasteiger partial charge in [-0.05, 0) is 25.7 Å². The van der Waals surface area contributed by atoms with Crippen molar-refractivity contribution in [3.8, 4) is 0 Å². The molecule has 0 unspecified atom stereocenters. The first-order valence-electron chi connectivity index (χ1n) is 5.36. The van der Waals surface area contributed by atoms with Gasteiger partial charge in [0, 0.05) is 42.8 Å². The lowest BCUT2D eigenvalue weighted by atomic mass is 10.1. The Morgan fingerprint density at radius 2 is 2.12 bits per heavy atom. The zero-order valence-corrected chi connectivity index (χ0v) is 10.2. The van der Waals surface area contributed by atoms with Crippen LogP contribution in [0.15, 0.2) is 24.4 Å². The maximum Gasteiger partial charge on any atom is 0.270 e. The van der Waals surface area contributed by atoms with Gasteiger partial charge in [0.2, 0.25) is 0 Å². The summed E-state index contributed by atoms with van der Waals surface area (Å²) in [6.07, 6.45) is 2.02. The fourth-order valence-electron chi connectivity index (χ4n) is 2.04. The number of nitro benzene ring substituents is 1. The molecule has 2 rings (SSSR count). The molecule has 0 fully saturated rings. The maximum atomic E-state index is 10.8. The number of nitrogens with zero attached hydrogens (tertiary/aromatic N) is 3. The van der Waals surface area contributed by atoms with Crippen molar-refractivity contribution in [3.63, 3.8) is 0 Å². The van der Waals surface area contributed by atoms with Gasteiger partial charge in [-0.1, -0.05) is 0 Å². The van der Waals surface area contributed by atoms with E-state index in [0.29, 0.717) is 0 Å². The minimum atomic E-state index is -0.355. The number of hydrogen-bond acceptors (Lipinski definition) is 3. The fourth-order valence-corrected chi connectivity index (χ4v) is 2.04. The van der Waals surface area contributed by atoms with E-state index in [2.05, 4.69) is 0 Å². The van der Waals surface area contributed by atoms with Gasteiger partial charge in [0.1, 0.15) is 0 Å². The molecule has 5 nitrogen and oxygen atoms in total. The van der Waals surface area contributed by atoms with E-state index in [0.717, 1.165) is 23.0 Å². The Hall–Kier alpha value is -1.88. The quantitative estimate of drug-likeness (QED) is 0.603. The van der Waals surface area contributed by atoms with E-state index < -0.39 is 0 Å². The first kappa shape index (κ1) is 11.6. The van der Waals surface area contributed by atoms with Gasteiger partial charge in [0.15, 0.2) is 0 Å². The van der Waals surface area contributed by atoms with Crippen molar-refractivity contribution in [1.29, 1.82) is 0 Å². The molecule has 0 aliphatic carbocycles. The van der Waals surface area contributed by atoms with Crippen LogP contribution in [0.25, 0.3) is 10.9 Å². The van der Waals surface area contributed by atoms with Crippen molar-refractivity contribution in [3.05, 3.63) is 40.1 Å². The highest BCUT2D eigenvalue weighted by Gasteiger charge is 2.12. The van der Waals surface area contributed by atoms with Crippen molar-refractivity contribution < 1.29 is 4.92 Å². The molecule has 5 heteroatoms. The molecule has 0 saturated carbocycles. The summed E-state index contributed by atoms with van der Waals surface area (Å²) in [4.78, 5) is 12.5. The fraction of sp³-hybridized carbons (Fsp3) is 0.333. The van der Waals surface area contributed by atoms with Crippen molar-refractivity contribution in [2.45, 2.75) is 6.54 Å². The normalized spacial score (nSPS) is 11.3. The Kier molecular flexibility index (Phi) is 2.85. The molecule has 0 bridgehead atoms. The van der Waals surface area contributed by atoms with Crippen LogP contribution in [0.3, 0.4) is 0 Å². The summed E-state index contributed by atoms with van der Waals surface area (Å²) >= 11 is 0. The topological polar surface area (TPSA) is 51.3 Å². The van der Waals surface area contributed by atoms with Crippen LogP contribution in [-0.4, -0.2) is 28.5 Å². The second-order valence-electron chi connectivity index (χ2n) is 4.46. The van der Waals surface area contributed by atoms with E-state index in [-0.39, 0.29) is 10.6 Å². The zero-order chi connectivity index (χ0) is 12.6. The number of benzene rings is 1. The summed E-state index contributed by atoms with van der Waals surface area (Å²) < 4.78 is 2.00. The molecule has 90 valence electrons. The average molecular weight is 233 g/mol. The predicted octanol–water partition coefficient (Wildman–Crippen LogP) is 2.15. The lowest BCUT2D eigenvalue weighted by Gasteiger charge is -2.07. The van der Waals surface area contributed by atoms with Gasteiger partial charge in [-0.2, -0.15) is 0 Å². The Morgan fingerprint density at radius 1 is 1.41 bits per heavy atom. The van der Waals surface area contributed by atoms with Crippen LogP contribution in [0, 0.1) is 10.1 Å². The van der Waals surface area contributed by atoms with Crippen LogP contribution in [0.5, 0.6) is 0 Å². The Morgan fingerprint density at radius 3 is 2.71 bits per heavy atom. The zero-order valence-electron chi connectivity index (χ0n) is 10.2. The lowest BCUT2D eigenvalue weighted by molar-refractivity contribution is -0.384. The monoisotopic (exact) mass is 233 g/mol. The number of fused-ring (bicyclic) bond motifs is 1. The van der Waals surface area contributed by atoms with Crippen LogP contribution in [-0.2, 0) is 13.6 Å². The summed E-state index contributed by atoms with van der Waals surface area (Å²) in [5.41, 5.74) is 2.27. The molecule has 0 spiro atoms. The average Bonchev–Trinajstić information content (AvgIpc) is 2.54. The van der Waals surface area contributed by atoms with Crippen LogP contribution in [0.1, 0.15) is 5.56 Å². The van der Waals surface area contributed by atoms with Gasteiger partial charge in [0.25, 0.3) is 5.69 Å². The molecule has 1 heterocycles. The molecule has 0 atom stereocenters. The predicted molar refractivity (Wildman–Crippen MR) is 67.0 cm³/mol. The molecular formula is C12H15N3O2. The summed E-state index contributed by atoms with van der Waals surface area (Å²) in [7, 11) is 5.92. The molecule has 0 aliphatic heterocycles. The van der Waals surface area contributed by atoms with E-state index in [9.17, 15) is 10.1 Å². The van der Waals surface area contributed by atoms with Gasteiger partial charge in [-0.3, -0.25) is 10.1 Å². The first-order chi connectivity index (χ1) is 7.99.